The zero-order valence-corrected chi connectivity index (χ0v) is 8.96. The molecule has 0 N–H and O–H groups in total. The molecule has 1 heteroatoms. The smallest absolute Gasteiger partial charge is 0.0442 e. The van der Waals surface area contributed by atoms with Gasteiger partial charge in [0.2, 0.25) is 0 Å². The first-order valence-corrected chi connectivity index (χ1v) is 5.32. The van der Waals surface area contributed by atoms with Gasteiger partial charge >= 0.3 is 0 Å². The van der Waals surface area contributed by atoms with Gasteiger partial charge in [-0.15, -0.1) is 0 Å². The SMILES string of the molecule is CCCN1CC(C)=Cc2ccccc21. The first-order valence-electron chi connectivity index (χ1n) is 5.32. The van der Waals surface area contributed by atoms with Crippen LogP contribution in [0.3, 0.4) is 0 Å². The van der Waals surface area contributed by atoms with Crippen LogP contribution in [-0.4, -0.2) is 13.1 Å². The molecule has 74 valence electrons. The third-order valence-corrected chi connectivity index (χ3v) is 2.61. The van der Waals surface area contributed by atoms with E-state index in [0.29, 0.717) is 0 Å². The number of rotatable bonds is 2. The number of hydrogen-bond donors (Lipinski definition) is 0. The normalized spacial score (nSPS) is 15.0. The summed E-state index contributed by atoms with van der Waals surface area (Å²) >= 11 is 0. The highest BCUT2D eigenvalue weighted by molar-refractivity contribution is 5.72. The third-order valence-electron chi connectivity index (χ3n) is 2.61. The van der Waals surface area contributed by atoms with Gasteiger partial charge in [-0.05, 0) is 25.0 Å². The Morgan fingerprint density at radius 2 is 2.07 bits per heavy atom. The highest BCUT2D eigenvalue weighted by atomic mass is 15.1. The fraction of sp³-hybridized carbons (Fsp3) is 0.385. The fourth-order valence-electron chi connectivity index (χ4n) is 2.06. The first-order chi connectivity index (χ1) is 6.81. The van der Waals surface area contributed by atoms with Crippen LogP contribution in [0.4, 0.5) is 5.69 Å². The van der Waals surface area contributed by atoms with Gasteiger partial charge in [-0.1, -0.05) is 36.8 Å². The molecule has 1 aromatic rings. The number of fused-ring (bicyclic) bond motifs is 1. The van der Waals surface area contributed by atoms with Gasteiger partial charge in [0.15, 0.2) is 0 Å². The van der Waals surface area contributed by atoms with Gasteiger partial charge in [0.25, 0.3) is 0 Å². The molecule has 2 rings (SSSR count). The van der Waals surface area contributed by atoms with Crippen molar-refractivity contribution in [2.75, 3.05) is 18.0 Å². The van der Waals surface area contributed by atoms with Crippen LogP contribution in [0.15, 0.2) is 29.8 Å². The van der Waals surface area contributed by atoms with Gasteiger partial charge < -0.3 is 4.90 Å². The van der Waals surface area contributed by atoms with Crippen LogP contribution in [0.25, 0.3) is 6.08 Å². The molecular weight excluding hydrogens is 170 g/mol. The molecule has 14 heavy (non-hydrogen) atoms. The molecule has 0 saturated heterocycles. The van der Waals surface area contributed by atoms with Gasteiger partial charge in [0.05, 0.1) is 0 Å². The molecule has 1 aliphatic heterocycles. The van der Waals surface area contributed by atoms with Crippen molar-refractivity contribution in [3.63, 3.8) is 0 Å². The minimum Gasteiger partial charge on any atom is -0.367 e. The lowest BCUT2D eigenvalue weighted by molar-refractivity contribution is 0.796. The highest BCUT2D eigenvalue weighted by Gasteiger charge is 2.13. The number of hydrogen-bond acceptors (Lipinski definition) is 1. The summed E-state index contributed by atoms with van der Waals surface area (Å²) in [7, 11) is 0. The van der Waals surface area contributed by atoms with Crippen molar-refractivity contribution < 1.29 is 0 Å². The summed E-state index contributed by atoms with van der Waals surface area (Å²) < 4.78 is 0. The maximum atomic E-state index is 2.46. The van der Waals surface area contributed by atoms with Crippen LogP contribution in [0.2, 0.25) is 0 Å². The zero-order valence-electron chi connectivity index (χ0n) is 8.96. The summed E-state index contributed by atoms with van der Waals surface area (Å²) in [5.41, 5.74) is 4.21. The predicted octanol–water partition coefficient (Wildman–Crippen LogP) is 3.32. The molecule has 0 amide bonds. The summed E-state index contributed by atoms with van der Waals surface area (Å²) in [5.74, 6) is 0. The Hall–Kier alpha value is -1.24. The summed E-state index contributed by atoms with van der Waals surface area (Å²) in [6.07, 6.45) is 3.50. The molecule has 1 nitrogen and oxygen atoms in total. The molecule has 0 spiro atoms. The maximum Gasteiger partial charge on any atom is 0.0442 e. The van der Waals surface area contributed by atoms with E-state index in [1.54, 1.807) is 0 Å². The third kappa shape index (κ3) is 1.67. The molecule has 0 fully saturated rings. The predicted molar refractivity (Wildman–Crippen MR) is 62.6 cm³/mol. The van der Waals surface area contributed by atoms with Crippen LogP contribution in [-0.2, 0) is 0 Å². The van der Waals surface area contributed by atoms with Crippen molar-refractivity contribution in [2.24, 2.45) is 0 Å². The van der Waals surface area contributed by atoms with Crippen molar-refractivity contribution in [2.45, 2.75) is 20.3 Å². The summed E-state index contributed by atoms with van der Waals surface area (Å²) in [5, 5.41) is 0. The van der Waals surface area contributed by atoms with E-state index in [-0.39, 0.29) is 0 Å². The fourth-order valence-corrected chi connectivity index (χ4v) is 2.06. The van der Waals surface area contributed by atoms with E-state index in [2.05, 4.69) is 49.1 Å². The van der Waals surface area contributed by atoms with Gasteiger partial charge in [-0.3, -0.25) is 0 Å². The number of anilines is 1. The Kier molecular flexibility index (Phi) is 2.58. The highest BCUT2D eigenvalue weighted by Crippen LogP contribution is 2.28. The Balaban J connectivity index is 2.37. The van der Waals surface area contributed by atoms with Crippen molar-refractivity contribution in [3.8, 4) is 0 Å². The molecule has 0 unspecified atom stereocenters. The summed E-state index contributed by atoms with van der Waals surface area (Å²) in [4.78, 5) is 2.46. The standard InChI is InChI=1S/C13H17N/c1-3-8-14-10-11(2)9-12-6-4-5-7-13(12)14/h4-7,9H,3,8,10H2,1-2H3. The maximum absolute atomic E-state index is 2.46. The van der Waals surface area contributed by atoms with E-state index >= 15 is 0 Å². The molecule has 1 heterocycles. The average Bonchev–Trinajstić information content (AvgIpc) is 2.18. The van der Waals surface area contributed by atoms with Crippen LogP contribution in [0.1, 0.15) is 25.8 Å². The molecule has 1 aromatic carbocycles. The summed E-state index contributed by atoms with van der Waals surface area (Å²) in [6.45, 7) is 6.68. The Bertz CT molecular complexity index is 352. The lowest BCUT2D eigenvalue weighted by Gasteiger charge is -2.30. The molecule has 1 aliphatic rings. The van der Waals surface area contributed by atoms with Crippen molar-refractivity contribution in [1.29, 1.82) is 0 Å². The second kappa shape index (κ2) is 3.87. The molecule has 0 atom stereocenters. The van der Waals surface area contributed by atoms with E-state index in [0.717, 1.165) is 13.1 Å². The van der Waals surface area contributed by atoms with Crippen molar-refractivity contribution in [1.82, 2.24) is 0 Å². The van der Waals surface area contributed by atoms with Crippen LogP contribution >= 0.6 is 0 Å². The summed E-state index contributed by atoms with van der Waals surface area (Å²) in [6, 6.07) is 8.64. The van der Waals surface area contributed by atoms with Gasteiger partial charge in [-0.25, -0.2) is 0 Å². The largest absolute Gasteiger partial charge is 0.367 e. The molecule has 0 aromatic heterocycles. The Labute approximate surface area is 86.1 Å². The molecule has 0 saturated carbocycles. The number of nitrogens with zero attached hydrogens (tertiary/aromatic N) is 1. The molecular formula is C13H17N. The number of benzene rings is 1. The Morgan fingerprint density at radius 3 is 2.86 bits per heavy atom. The van der Waals surface area contributed by atoms with Crippen LogP contribution in [0, 0.1) is 0 Å². The van der Waals surface area contributed by atoms with E-state index in [9.17, 15) is 0 Å². The minimum absolute atomic E-state index is 1.09. The van der Waals surface area contributed by atoms with Gasteiger partial charge in [-0.2, -0.15) is 0 Å². The van der Waals surface area contributed by atoms with Gasteiger partial charge in [0.1, 0.15) is 0 Å². The molecule has 0 radical (unpaired) electrons. The quantitative estimate of drug-likeness (QED) is 0.686. The lowest BCUT2D eigenvalue weighted by atomic mass is 10.0. The van der Waals surface area contributed by atoms with Crippen molar-refractivity contribution >= 4 is 11.8 Å². The molecule has 0 bridgehead atoms. The second-order valence-corrected chi connectivity index (χ2v) is 3.97. The first kappa shape index (κ1) is 9.32. The lowest BCUT2D eigenvalue weighted by Crippen LogP contribution is -2.28. The van der Waals surface area contributed by atoms with Crippen molar-refractivity contribution in [3.05, 3.63) is 35.4 Å². The topological polar surface area (TPSA) is 3.24 Å². The zero-order chi connectivity index (χ0) is 9.97. The number of para-hydroxylation sites is 1. The van der Waals surface area contributed by atoms with Crippen LogP contribution in [0.5, 0.6) is 0 Å². The van der Waals surface area contributed by atoms with E-state index in [4.69, 9.17) is 0 Å². The molecule has 0 aliphatic carbocycles. The van der Waals surface area contributed by atoms with Crippen LogP contribution < -0.4 is 4.90 Å². The minimum atomic E-state index is 1.09. The Morgan fingerprint density at radius 1 is 1.29 bits per heavy atom. The van der Waals surface area contributed by atoms with E-state index in [1.807, 2.05) is 0 Å². The average molecular weight is 187 g/mol. The monoisotopic (exact) mass is 187 g/mol. The van der Waals surface area contributed by atoms with Gasteiger partial charge in [0, 0.05) is 18.8 Å². The van der Waals surface area contributed by atoms with E-state index in [1.165, 1.54) is 23.2 Å². The van der Waals surface area contributed by atoms with E-state index < -0.39 is 0 Å². The second-order valence-electron chi connectivity index (χ2n) is 3.97.